The molecule has 0 amide bonds. The Morgan fingerprint density at radius 2 is 2.10 bits per heavy atom. The van der Waals surface area contributed by atoms with Crippen LogP contribution in [0.2, 0.25) is 0 Å². The van der Waals surface area contributed by atoms with E-state index in [2.05, 4.69) is 36.1 Å². The van der Waals surface area contributed by atoms with Crippen LogP contribution in [0.15, 0.2) is 37.8 Å². The van der Waals surface area contributed by atoms with Gasteiger partial charge in [0, 0.05) is 12.4 Å². The average molecular weight is 370 g/mol. The highest BCUT2D eigenvalue weighted by molar-refractivity contribution is 9.11. The highest BCUT2D eigenvalue weighted by atomic mass is 79.9. The van der Waals surface area contributed by atoms with Crippen molar-refractivity contribution in [2.24, 2.45) is 0 Å². The van der Waals surface area contributed by atoms with Crippen LogP contribution in [0.4, 0.5) is 5.82 Å². The molecule has 0 fully saturated rings. The first-order valence-electron chi connectivity index (χ1n) is 5.50. The summed E-state index contributed by atoms with van der Waals surface area (Å²) in [6.07, 6.45) is 3.15. The Kier molecular flexibility index (Phi) is 3.99. The fraction of sp³-hybridized carbons (Fsp3) is 0.0909. The number of halogens is 1. The number of hydrogen-bond acceptors (Lipinski definition) is 8. The number of hydrogen-bond donors (Lipinski definition) is 1. The van der Waals surface area contributed by atoms with E-state index in [1.54, 1.807) is 23.7 Å². The van der Waals surface area contributed by atoms with Crippen molar-refractivity contribution in [1.29, 1.82) is 0 Å². The van der Waals surface area contributed by atoms with Gasteiger partial charge in [-0.05, 0) is 28.1 Å². The van der Waals surface area contributed by atoms with Crippen LogP contribution in [0, 0.1) is 0 Å². The molecule has 102 valence electrons. The number of nitrogens with two attached hydrogens (primary N) is 1. The van der Waals surface area contributed by atoms with Gasteiger partial charge in [-0.15, -0.1) is 21.5 Å². The molecule has 0 saturated heterocycles. The SMILES string of the molecule is Nc1nccnc1SCc1nnc(-c2ccc(Br)s2)o1. The van der Waals surface area contributed by atoms with Crippen LogP contribution in [-0.4, -0.2) is 20.2 Å². The maximum absolute atomic E-state index is 5.72. The normalized spacial score (nSPS) is 10.8. The van der Waals surface area contributed by atoms with Gasteiger partial charge in [-0.25, -0.2) is 9.97 Å². The van der Waals surface area contributed by atoms with Crippen LogP contribution in [0.3, 0.4) is 0 Å². The number of aromatic nitrogens is 4. The van der Waals surface area contributed by atoms with Gasteiger partial charge < -0.3 is 10.2 Å². The zero-order valence-corrected chi connectivity index (χ0v) is 13.2. The van der Waals surface area contributed by atoms with Crippen LogP contribution < -0.4 is 5.73 Å². The molecule has 3 aromatic rings. The third kappa shape index (κ3) is 3.00. The summed E-state index contributed by atoms with van der Waals surface area (Å²) in [5.41, 5.74) is 5.72. The van der Waals surface area contributed by atoms with Crippen molar-refractivity contribution in [3.8, 4) is 10.8 Å². The third-order valence-electron chi connectivity index (χ3n) is 2.27. The average Bonchev–Trinajstić information content (AvgIpc) is 3.06. The zero-order chi connectivity index (χ0) is 13.9. The van der Waals surface area contributed by atoms with E-state index in [9.17, 15) is 0 Å². The molecule has 3 aromatic heterocycles. The van der Waals surface area contributed by atoms with E-state index in [0.29, 0.717) is 28.4 Å². The molecule has 0 aromatic carbocycles. The topological polar surface area (TPSA) is 90.7 Å². The lowest BCUT2D eigenvalue weighted by atomic mass is 10.5. The van der Waals surface area contributed by atoms with Gasteiger partial charge in [0.05, 0.1) is 14.4 Å². The molecule has 20 heavy (non-hydrogen) atoms. The second-order valence-electron chi connectivity index (χ2n) is 3.64. The van der Waals surface area contributed by atoms with Crippen molar-refractivity contribution >= 4 is 44.8 Å². The Balaban J connectivity index is 1.70. The zero-order valence-electron chi connectivity index (χ0n) is 9.99. The smallest absolute Gasteiger partial charge is 0.257 e. The molecule has 3 heterocycles. The highest BCUT2D eigenvalue weighted by Gasteiger charge is 2.12. The summed E-state index contributed by atoms with van der Waals surface area (Å²) >= 11 is 6.36. The van der Waals surface area contributed by atoms with Crippen molar-refractivity contribution < 1.29 is 4.42 Å². The Morgan fingerprint density at radius 1 is 1.25 bits per heavy atom. The van der Waals surface area contributed by atoms with Crippen LogP contribution >= 0.6 is 39.0 Å². The number of anilines is 1. The van der Waals surface area contributed by atoms with Crippen molar-refractivity contribution in [3.63, 3.8) is 0 Å². The van der Waals surface area contributed by atoms with Crippen LogP contribution in [0.25, 0.3) is 10.8 Å². The number of nitrogens with zero attached hydrogens (tertiary/aromatic N) is 4. The maximum Gasteiger partial charge on any atom is 0.257 e. The maximum atomic E-state index is 5.72. The molecule has 2 N–H and O–H groups in total. The van der Waals surface area contributed by atoms with Gasteiger partial charge in [-0.3, -0.25) is 0 Å². The Hall–Kier alpha value is -1.45. The predicted molar refractivity (Wildman–Crippen MR) is 81.3 cm³/mol. The van der Waals surface area contributed by atoms with Gasteiger partial charge in [-0.1, -0.05) is 11.8 Å². The van der Waals surface area contributed by atoms with E-state index in [-0.39, 0.29) is 0 Å². The highest BCUT2D eigenvalue weighted by Crippen LogP contribution is 2.31. The molecule has 0 aliphatic heterocycles. The molecule has 0 bridgehead atoms. The van der Waals surface area contributed by atoms with Crippen molar-refractivity contribution in [1.82, 2.24) is 20.2 Å². The van der Waals surface area contributed by atoms with Gasteiger partial charge in [0.25, 0.3) is 5.89 Å². The summed E-state index contributed by atoms with van der Waals surface area (Å²) in [7, 11) is 0. The van der Waals surface area contributed by atoms with E-state index in [1.807, 2.05) is 12.1 Å². The molecule has 0 atom stereocenters. The molecule has 9 heteroatoms. The van der Waals surface area contributed by atoms with Gasteiger partial charge in [-0.2, -0.15) is 0 Å². The minimum Gasteiger partial charge on any atom is -0.419 e. The standard InChI is InChI=1S/C11H8BrN5OS2/c12-7-2-1-6(20-7)10-17-16-8(18-10)5-19-11-9(13)14-3-4-15-11/h1-4H,5H2,(H2,13,14). The third-order valence-corrected chi connectivity index (χ3v) is 4.87. The number of nitrogen functional groups attached to an aromatic ring is 1. The molecule has 0 aliphatic carbocycles. The Labute approximate surface area is 131 Å². The number of thiophene rings is 1. The molecule has 0 spiro atoms. The minimum atomic E-state index is 0.402. The van der Waals surface area contributed by atoms with Crippen molar-refractivity contribution in [2.75, 3.05) is 5.73 Å². The van der Waals surface area contributed by atoms with E-state index in [4.69, 9.17) is 10.2 Å². The van der Waals surface area contributed by atoms with Crippen LogP contribution in [0.5, 0.6) is 0 Å². The van der Waals surface area contributed by atoms with E-state index in [1.165, 1.54) is 11.8 Å². The Bertz CT molecular complexity index is 729. The van der Waals surface area contributed by atoms with E-state index >= 15 is 0 Å². The predicted octanol–water partition coefficient (Wildman–Crippen LogP) is 3.23. The minimum absolute atomic E-state index is 0.402. The molecule has 0 aliphatic rings. The summed E-state index contributed by atoms with van der Waals surface area (Å²) in [5.74, 6) is 1.95. The first kappa shape index (κ1) is 13.5. The van der Waals surface area contributed by atoms with Crippen LogP contribution in [-0.2, 0) is 5.75 Å². The second kappa shape index (κ2) is 5.90. The number of thioether (sulfide) groups is 1. The lowest BCUT2D eigenvalue weighted by Gasteiger charge is -1.99. The fourth-order valence-electron chi connectivity index (χ4n) is 1.42. The molecule has 0 saturated carbocycles. The van der Waals surface area contributed by atoms with Gasteiger partial charge in [0.15, 0.2) is 5.82 Å². The summed E-state index contributed by atoms with van der Waals surface area (Å²) in [4.78, 5) is 9.04. The van der Waals surface area contributed by atoms with Gasteiger partial charge >= 0.3 is 0 Å². The first-order chi connectivity index (χ1) is 9.72. The van der Waals surface area contributed by atoms with Crippen molar-refractivity contribution in [3.05, 3.63) is 34.2 Å². The van der Waals surface area contributed by atoms with Crippen LogP contribution in [0.1, 0.15) is 5.89 Å². The van der Waals surface area contributed by atoms with E-state index in [0.717, 1.165) is 8.66 Å². The summed E-state index contributed by atoms with van der Waals surface area (Å²) in [5, 5.41) is 8.70. The number of rotatable bonds is 4. The molecule has 0 radical (unpaired) electrons. The fourth-order valence-corrected chi connectivity index (χ4v) is 3.44. The van der Waals surface area contributed by atoms with E-state index < -0.39 is 0 Å². The van der Waals surface area contributed by atoms with Gasteiger partial charge in [0.1, 0.15) is 5.03 Å². The first-order valence-corrected chi connectivity index (χ1v) is 8.09. The summed E-state index contributed by atoms with van der Waals surface area (Å²) < 4.78 is 6.62. The summed E-state index contributed by atoms with van der Waals surface area (Å²) in [6, 6.07) is 3.87. The van der Waals surface area contributed by atoms with Gasteiger partial charge in [0.2, 0.25) is 5.89 Å². The molecule has 3 rings (SSSR count). The van der Waals surface area contributed by atoms with Crippen molar-refractivity contribution in [2.45, 2.75) is 10.8 Å². The molecule has 6 nitrogen and oxygen atoms in total. The lowest BCUT2D eigenvalue weighted by molar-refractivity contribution is 0.529. The molecular weight excluding hydrogens is 362 g/mol. The summed E-state index contributed by atoms with van der Waals surface area (Å²) in [6.45, 7) is 0. The molecular formula is C11H8BrN5OS2. The monoisotopic (exact) mass is 369 g/mol. The molecule has 0 unspecified atom stereocenters. The quantitative estimate of drug-likeness (QED) is 0.705. The lowest BCUT2D eigenvalue weighted by Crippen LogP contribution is -1.94. The Morgan fingerprint density at radius 3 is 2.85 bits per heavy atom. The second-order valence-corrected chi connectivity index (χ2v) is 7.07. The largest absolute Gasteiger partial charge is 0.419 e.